The Kier molecular flexibility index (Phi) is 5.87. The summed E-state index contributed by atoms with van der Waals surface area (Å²) in [7, 11) is 0. The zero-order valence-corrected chi connectivity index (χ0v) is 11.0. The molecule has 1 rings (SSSR count). The van der Waals surface area contributed by atoms with Crippen molar-refractivity contribution < 1.29 is 0 Å². The molecular formula is C14H26N2. The Labute approximate surface area is 101 Å². The zero-order valence-electron chi connectivity index (χ0n) is 11.0. The number of likely N-dealkylation sites (tertiary alicyclic amines) is 1. The number of nitrogens with one attached hydrogen (secondary N) is 1. The van der Waals surface area contributed by atoms with E-state index in [4.69, 9.17) is 6.42 Å². The second-order valence-corrected chi connectivity index (χ2v) is 5.02. The molecule has 0 spiro atoms. The molecule has 0 aliphatic carbocycles. The predicted octanol–water partition coefficient (Wildman–Crippen LogP) is 2.25. The van der Waals surface area contributed by atoms with Gasteiger partial charge in [0.25, 0.3) is 0 Å². The smallest absolute Gasteiger partial charge is 0.0240 e. The molecule has 0 aromatic heterocycles. The van der Waals surface area contributed by atoms with Gasteiger partial charge < -0.3 is 5.32 Å². The van der Waals surface area contributed by atoms with Crippen molar-refractivity contribution in [2.75, 3.05) is 13.1 Å². The minimum atomic E-state index is 0.534. The second-order valence-electron chi connectivity index (χ2n) is 5.02. The van der Waals surface area contributed by atoms with Gasteiger partial charge in [-0.2, -0.15) is 0 Å². The lowest BCUT2D eigenvalue weighted by Gasteiger charge is -2.41. The van der Waals surface area contributed by atoms with Gasteiger partial charge in [0, 0.05) is 31.1 Å². The fraction of sp³-hybridized carbons (Fsp3) is 0.857. The molecule has 2 nitrogen and oxygen atoms in total. The highest BCUT2D eigenvalue weighted by atomic mass is 15.2. The first kappa shape index (κ1) is 13.5. The van der Waals surface area contributed by atoms with E-state index in [1.54, 1.807) is 0 Å². The Bertz CT molecular complexity index is 231. The number of piperidine rings is 1. The summed E-state index contributed by atoms with van der Waals surface area (Å²) < 4.78 is 0. The van der Waals surface area contributed by atoms with Crippen molar-refractivity contribution in [1.29, 1.82) is 0 Å². The van der Waals surface area contributed by atoms with E-state index in [-0.39, 0.29) is 0 Å². The predicted molar refractivity (Wildman–Crippen MR) is 70.4 cm³/mol. The highest BCUT2D eigenvalue weighted by molar-refractivity contribution is 4.92. The van der Waals surface area contributed by atoms with Gasteiger partial charge in [0.2, 0.25) is 0 Å². The summed E-state index contributed by atoms with van der Waals surface area (Å²) in [5, 5.41) is 3.63. The first-order valence-electron chi connectivity index (χ1n) is 6.61. The number of nitrogens with zero attached hydrogens (tertiary/aromatic N) is 1. The minimum absolute atomic E-state index is 0.534. The van der Waals surface area contributed by atoms with E-state index < -0.39 is 0 Å². The van der Waals surface area contributed by atoms with Crippen LogP contribution in [0.3, 0.4) is 0 Å². The first-order valence-corrected chi connectivity index (χ1v) is 6.61. The maximum absolute atomic E-state index is 5.39. The Hall–Kier alpha value is -0.520. The monoisotopic (exact) mass is 222 g/mol. The molecule has 0 amide bonds. The summed E-state index contributed by atoms with van der Waals surface area (Å²) in [6.07, 6.45) is 10.0. The van der Waals surface area contributed by atoms with Gasteiger partial charge >= 0.3 is 0 Å². The highest BCUT2D eigenvalue weighted by Crippen LogP contribution is 2.20. The average Bonchev–Trinajstić information content (AvgIpc) is 2.26. The molecule has 1 heterocycles. The van der Waals surface area contributed by atoms with Crippen LogP contribution in [0.5, 0.6) is 0 Å². The summed E-state index contributed by atoms with van der Waals surface area (Å²) in [6.45, 7) is 9.13. The molecule has 2 heteroatoms. The fourth-order valence-corrected chi connectivity index (χ4v) is 2.67. The lowest BCUT2D eigenvalue weighted by molar-refractivity contribution is 0.0977. The third kappa shape index (κ3) is 3.81. The molecule has 1 N–H and O–H groups in total. The molecule has 0 radical (unpaired) electrons. The van der Waals surface area contributed by atoms with Crippen molar-refractivity contribution in [3.63, 3.8) is 0 Å². The van der Waals surface area contributed by atoms with E-state index in [9.17, 15) is 0 Å². The van der Waals surface area contributed by atoms with Crippen LogP contribution in [0, 0.1) is 12.3 Å². The standard InChI is InChI=1S/C14H26N2/c1-5-7-12(3)16-10-8-14(11-13(16)4)15-9-6-2/h1,12-15H,6-11H2,2-4H3. The molecule has 1 aliphatic heterocycles. The van der Waals surface area contributed by atoms with Crippen LogP contribution in [0.15, 0.2) is 0 Å². The van der Waals surface area contributed by atoms with E-state index in [1.165, 1.54) is 25.8 Å². The Morgan fingerprint density at radius 3 is 2.88 bits per heavy atom. The van der Waals surface area contributed by atoms with E-state index >= 15 is 0 Å². The van der Waals surface area contributed by atoms with Crippen molar-refractivity contribution in [1.82, 2.24) is 10.2 Å². The summed E-state index contributed by atoms with van der Waals surface area (Å²) in [5.41, 5.74) is 0. The van der Waals surface area contributed by atoms with Crippen molar-refractivity contribution >= 4 is 0 Å². The average molecular weight is 222 g/mol. The molecular weight excluding hydrogens is 196 g/mol. The summed E-state index contributed by atoms with van der Waals surface area (Å²) in [5.74, 6) is 2.77. The van der Waals surface area contributed by atoms with E-state index in [2.05, 4.69) is 36.9 Å². The molecule has 3 unspecified atom stereocenters. The van der Waals surface area contributed by atoms with Gasteiger partial charge in [-0.3, -0.25) is 4.90 Å². The maximum Gasteiger partial charge on any atom is 0.0240 e. The van der Waals surface area contributed by atoms with E-state index in [0.717, 1.165) is 13.0 Å². The molecule has 16 heavy (non-hydrogen) atoms. The summed E-state index contributed by atoms with van der Waals surface area (Å²) in [6, 6.07) is 1.91. The van der Waals surface area contributed by atoms with Crippen LogP contribution < -0.4 is 5.32 Å². The van der Waals surface area contributed by atoms with Crippen molar-refractivity contribution in [3.8, 4) is 12.3 Å². The van der Waals surface area contributed by atoms with Crippen LogP contribution in [0.1, 0.15) is 46.5 Å². The molecule has 92 valence electrons. The Balaban J connectivity index is 2.37. The maximum atomic E-state index is 5.39. The zero-order chi connectivity index (χ0) is 12.0. The summed E-state index contributed by atoms with van der Waals surface area (Å²) >= 11 is 0. The van der Waals surface area contributed by atoms with Crippen LogP contribution in [0.25, 0.3) is 0 Å². The molecule has 0 aromatic carbocycles. The minimum Gasteiger partial charge on any atom is -0.314 e. The topological polar surface area (TPSA) is 15.3 Å². The number of rotatable bonds is 5. The van der Waals surface area contributed by atoms with Gasteiger partial charge in [0.1, 0.15) is 0 Å². The molecule has 0 bridgehead atoms. The van der Waals surface area contributed by atoms with Gasteiger partial charge in [-0.1, -0.05) is 6.92 Å². The van der Waals surface area contributed by atoms with Crippen LogP contribution in [-0.2, 0) is 0 Å². The molecule has 1 fully saturated rings. The van der Waals surface area contributed by atoms with Gasteiger partial charge in [-0.25, -0.2) is 0 Å². The number of hydrogen-bond donors (Lipinski definition) is 1. The fourth-order valence-electron chi connectivity index (χ4n) is 2.67. The number of terminal acetylenes is 1. The summed E-state index contributed by atoms with van der Waals surface area (Å²) in [4.78, 5) is 2.56. The van der Waals surface area contributed by atoms with Gasteiger partial charge in [0.15, 0.2) is 0 Å². The lowest BCUT2D eigenvalue weighted by atomic mass is 9.96. The lowest BCUT2D eigenvalue weighted by Crippen LogP contribution is -2.50. The third-order valence-electron chi connectivity index (χ3n) is 3.59. The Morgan fingerprint density at radius 2 is 2.31 bits per heavy atom. The van der Waals surface area contributed by atoms with Crippen molar-refractivity contribution in [2.45, 2.75) is 64.6 Å². The van der Waals surface area contributed by atoms with E-state index in [1.807, 2.05) is 0 Å². The van der Waals surface area contributed by atoms with Crippen LogP contribution in [0.4, 0.5) is 0 Å². The van der Waals surface area contributed by atoms with Crippen molar-refractivity contribution in [2.24, 2.45) is 0 Å². The first-order chi connectivity index (χ1) is 7.69. The van der Waals surface area contributed by atoms with Gasteiger partial charge in [0.05, 0.1) is 0 Å². The van der Waals surface area contributed by atoms with Crippen LogP contribution >= 0.6 is 0 Å². The van der Waals surface area contributed by atoms with E-state index in [0.29, 0.717) is 18.1 Å². The molecule has 1 aliphatic rings. The Morgan fingerprint density at radius 1 is 1.56 bits per heavy atom. The van der Waals surface area contributed by atoms with Gasteiger partial charge in [-0.15, -0.1) is 12.3 Å². The molecule has 3 atom stereocenters. The van der Waals surface area contributed by atoms with Crippen molar-refractivity contribution in [3.05, 3.63) is 0 Å². The molecule has 0 aromatic rings. The van der Waals surface area contributed by atoms with Gasteiger partial charge in [-0.05, 0) is 39.7 Å². The van der Waals surface area contributed by atoms with Crippen LogP contribution in [-0.4, -0.2) is 36.1 Å². The molecule has 1 saturated heterocycles. The second kappa shape index (κ2) is 6.93. The highest BCUT2D eigenvalue weighted by Gasteiger charge is 2.27. The number of hydrogen-bond acceptors (Lipinski definition) is 2. The SMILES string of the molecule is C#CCC(C)N1CCC(NCCC)CC1C. The normalized spacial score (nSPS) is 28.6. The third-order valence-corrected chi connectivity index (χ3v) is 3.59. The largest absolute Gasteiger partial charge is 0.314 e. The molecule has 0 saturated carbocycles. The van der Waals surface area contributed by atoms with Crippen LogP contribution in [0.2, 0.25) is 0 Å². The quantitative estimate of drug-likeness (QED) is 0.718.